The first-order chi connectivity index (χ1) is 9.36. The molecule has 2 aromatic rings. The van der Waals surface area contributed by atoms with Crippen molar-refractivity contribution in [2.45, 2.75) is 17.9 Å². The molecule has 4 nitrogen and oxygen atoms in total. The van der Waals surface area contributed by atoms with E-state index in [0.717, 1.165) is 11.3 Å². The molecular weight excluding hydrogens is 296 g/mol. The van der Waals surface area contributed by atoms with E-state index in [4.69, 9.17) is 16.7 Å². The molecule has 0 saturated heterocycles. The van der Waals surface area contributed by atoms with E-state index >= 15 is 0 Å². The van der Waals surface area contributed by atoms with Gasteiger partial charge in [0.15, 0.2) is 0 Å². The molecule has 0 aliphatic heterocycles. The van der Waals surface area contributed by atoms with E-state index in [1.54, 1.807) is 12.1 Å². The number of nitrogens with one attached hydrogen (secondary N) is 1. The van der Waals surface area contributed by atoms with Crippen LogP contribution >= 0.6 is 11.6 Å². The molecule has 0 saturated carbocycles. The summed E-state index contributed by atoms with van der Waals surface area (Å²) in [6.07, 6.45) is 0. The van der Waals surface area contributed by atoms with Crippen LogP contribution in [-0.4, -0.2) is 8.42 Å². The highest BCUT2D eigenvalue weighted by Gasteiger charge is 2.08. The van der Waals surface area contributed by atoms with Crippen LogP contribution in [0, 0.1) is 0 Å². The minimum atomic E-state index is -3.65. The highest BCUT2D eigenvalue weighted by Crippen LogP contribution is 2.21. The van der Waals surface area contributed by atoms with Crippen molar-refractivity contribution >= 4 is 27.3 Å². The molecule has 106 valence electrons. The fraction of sp³-hybridized carbons (Fsp3) is 0.143. The van der Waals surface area contributed by atoms with Gasteiger partial charge in [0, 0.05) is 16.8 Å². The average Bonchev–Trinajstić information content (AvgIpc) is 2.39. The first-order valence-electron chi connectivity index (χ1n) is 6.01. The summed E-state index contributed by atoms with van der Waals surface area (Å²) in [7, 11) is -3.65. The number of anilines is 1. The Morgan fingerprint density at radius 2 is 1.60 bits per heavy atom. The zero-order chi connectivity index (χ0) is 14.8. The van der Waals surface area contributed by atoms with Gasteiger partial charge < -0.3 is 5.32 Å². The Bertz CT molecular complexity index is 682. The van der Waals surface area contributed by atoms with Gasteiger partial charge in [0.05, 0.1) is 4.90 Å². The number of rotatable bonds is 4. The molecule has 1 atom stereocenters. The lowest BCUT2D eigenvalue weighted by molar-refractivity contribution is 0.598. The van der Waals surface area contributed by atoms with Crippen molar-refractivity contribution in [3.8, 4) is 0 Å². The molecule has 0 radical (unpaired) electrons. The van der Waals surface area contributed by atoms with Gasteiger partial charge in [-0.3, -0.25) is 0 Å². The maximum Gasteiger partial charge on any atom is 0.238 e. The molecule has 0 amide bonds. The Hall–Kier alpha value is -1.56. The molecular formula is C14H15ClN2O2S. The fourth-order valence-corrected chi connectivity index (χ4v) is 2.47. The Kier molecular flexibility index (Phi) is 4.32. The number of halogens is 1. The quantitative estimate of drug-likeness (QED) is 0.911. The summed E-state index contributed by atoms with van der Waals surface area (Å²) in [6.45, 7) is 2.01. The molecule has 0 aromatic heterocycles. The number of hydrogen-bond acceptors (Lipinski definition) is 3. The Balaban J connectivity index is 2.12. The zero-order valence-electron chi connectivity index (χ0n) is 10.9. The van der Waals surface area contributed by atoms with E-state index in [0.29, 0.717) is 5.02 Å². The van der Waals surface area contributed by atoms with Crippen LogP contribution in [0.3, 0.4) is 0 Å². The zero-order valence-corrected chi connectivity index (χ0v) is 12.4. The third-order valence-electron chi connectivity index (χ3n) is 2.94. The summed E-state index contributed by atoms with van der Waals surface area (Å²) in [5.74, 6) is 0. The smallest absolute Gasteiger partial charge is 0.238 e. The summed E-state index contributed by atoms with van der Waals surface area (Å²) < 4.78 is 22.3. The third kappa shape index (κ3) is 3.72. The molecule has 2 aromatic carbocycles. The SMILES string of the molecule is CC(Nc1ccc(S(N)(=O)=O)cc1)c1ccc(Cl)cc1. The maximum atomic E-state index is 11.2. The van der Waals surface area contributed by atoms with Crippen molar-refractivity contribution in [2.75, 3.05) is 5.32 Å². The summed E-state index contributed by atoms with van der Waals surface area (Å²) in [5.41, 5.74) is 1.91. The summed E-state index contributed by atoms with van der Waals surface area (Å²) >= 11 is 5.85. The number of primary sulfonamides is 1. The van der Waals surface area contributed by atoms with Crippen molar-refractivity contribution in [3.05, 3.63) is 59.1 Å². The summed E-state index contributed by atoms with van der Waals surface area (Å²) in [5, 5.41) is 9.02. The van der Waals surface area contributed by atoms with Gasteiger partial charge in [-0.1, -0.05) is 23.7 Å². The topological polar surface area (TPSA) is 72.2 Å². The minimum absolute atomic E-state index is 0.0765. The van der Waals surface area contributed by atoms with Crippen molar-refractivity contribution in [1.82, 2.24) is 0 Å². The summed E-state index contributed by atoms with van der Waals surface area (Å²) in [6, 6.07) is 14.0. The lowest BCUT2D eigenvalue weighted by Crippen LogP contribution is -2.12. The Morgan fingerprint density at radius 3 is 2.10 bits per heavy atom. The predicted octanol–water partition coefficient (Wildman–Crippen LogP) is 3.16. The molecule has 6 heteroatoms. The van der Waals surface area contributed by atoms with E-state index in [1.807, 2.05) is 31.2 Å². The van der Waals surface area contributed by atoms with Gasteiger partial charge in [-0.25, -0.2) is 13.6 Å². The second-order valence-corrected chi connectivity index (χ2v) is 6.48. The lowest BCUT2D eigenvalue weighted by Gasteiger charge is -2.16. The van der Waals surface area contributed by atoms with Gasteiger partial charge in [-0.15, -0.1) is 0 Å². The molecule has 3 N–H and O–H groups in total. The number of nitrogens with two attached hydrogens (primary N) is 1. The largest absolute Gasteiger partial charge is 0.379 e. The van der Waals surface area contributed by atoms with Crippen LogP contribution in [0.2, 0.25) is 5.02 Å². The van der Waals surface area contributed by atoms with Gasteiger partial charge in [-0.05, 0) is 48.9 Å². The summed E-state index contributed by atoms with van der Waals surface area (Å²) in [4.78, 5) is 0.0993. The molecule has 0 fully saturated rings. The molecule has 0 aliphatic rings. The van der Waals surface area contributed by atoms with Crippen LogP contribution < -0.4 is 10.5 Å². The molecule has 1 unspecified atom stereocenters. The highest BCUT2D eigenvalue weighted by atomic mass is 35.5. The number of sulfonamides is 1. The first-order valence-corrected chi connectivity index (χ1v) is 7.93. The van der Waals surface area contributed by atoms with Gasteiger partial charge in [0.25, 0.3) is 0 Å². The van der Waals surface area contributed by atoms with E-state index in [9.17, 15) is 8.42 Å². The van der Waals surface area contributed by atoms with E-state index < -0.39 is 10.0 Å². The van der Waals surface area contributed by atoms with Crippen molar-refractivity contribution < 1.29 is 8.42 Å². The molecule has 0 bridgehead atoms. The minimum Gasteiger partial charge on any atom is -0.379 e. The number of benzene rings is 2. The molecule has 0 heterocycles. The van der Waals surface area contributed by atoms with Crippen LogP contribution in [-0.2, 0) is 10.0 Å². The van der Waals surface area contributed by atoms with E-state index in [2.05, 4.69) is 5.32 Å². The van der Waals surface area contributed by atoms with Gasteiger partial charge in [-0.2, -0.15) is 0 Å². The predicted molar refractivity (Wildman–Crippen MR) is 81.3 cm³/mol. The molecule has 20 heavy (non-hydrogen) atoms. The van der Waals surface area contributed by atoms with Gasteiger partial charge in [0.2, 0.25) is 10.0 Å². The third-order valence-corrected chi connectivity index (χ3v) is 4.12. The van der Waals surface area contributed by atoms with Crippen molar-refractivity contribution in [1.29, 1.82) is 0 Å². The van der Waals surface area contributed by atoms with Crippen LogP contribution in [0.4, 0.5) is 5.69 Å². The van der Waals surface area contributed by atoms with Crippen molar-refractivity contribution in [2.24, 2.45) is 5.14 Å². The molecule has 0 spiro atoms. The van der Waals surface area contributed by atoms with Crippen LogP contribution in [0.25, 0.3) is 0 Å². The molecule has 0 aliphatic carbocycles. The second kappa shape index (κ2) is 5.83. The van der Waals surface area contributed by atoms with Gasteiger partial charge >= 0.3 is 0 Å². The van der Waals surface area contributed by atoms with Crippen LogP contribution in [0.1, 0.15) is 18.5 Å². The van der Waals surface area contributed by atoms with E-state index in [1.165, 1.54) is 12.1 Å². The fourth-order valence-electron chi connectivity index (χ4n) is 1.83. The maximum absolute atomic E-state index is 11.2. The average molecular weight is 311 g/mol. The normalized spacial score (nSPS) is 12.9. The standard InChI is InChI=1S/C14H15ClN2O2S/c1-10(11-2-4-12(15)5-3-11)17-13-6-8-14(9-7-13)20(16,18)19/h2-10,17H,1H3,(H2,16,18,19). The van der Waals surface area contributed by atoms with Crippen molar-refractivity contribution in [3.63, 3.8) is 0 Å². The van der Waals surface area contributed by atoms with Crippen LogP contribution in [0.15, 0.2) is 53.4 Å². The van der Waals surface area contributed by atoms with Crippen LogP contribution in [0.5, 0.6) is 0 Å². The highest BCUT2D eigenvalue weighted by molar-refractivity contribution is 7.89. The first kappa shape index (κ1) is 14.8. The second-order valence-electron chi connectivity index (χ2n) is 4.49. The molecule has 2 rings (SSSR count). The van der Waals surface area contributed by atoms with E-state index in [-0.39, 0.29) is 10.9 Å². The lowest BCUT2D eigenvalue weighted by atomic mass is 10.1. The monoisotopic (exact) mass is 310 g/mol. The Morgan fingerprint density at radius 1 is 1.05 bits per heavy atom. The van der Waals surface area contributed by atoms with Gasteiger partial charge in [0.1, 0.15) is 0 Å². The number of hydrogen-bond donors (Lipinski definition) is 2. The Labute approximate surface area is 123 Å².